The summed E-state index contributed by atoms with van der Waals surface area (Å²) in [5.74, 6) is 0.356. The highest BCUT2D eigenvalue weighted by molar-refractivity contribution is 6.30. The summed E-state index contributed by atoms with van der Waals surface area (Å²) in [7, 11) is 0. The number of benzene rings is 1. The van der Waals surface area contributed by atoms with Crippen molar-refractivity contribution in [3.05, 3.63) is 34.9 Å². The molecule has 76 valence electrons. The Bertz CT molecular complexity index is 279. The first-order chi connectivity index (χ1) is 6.77. The van der Waals surface area contributed by atoms with Crippen LogP contribution in [0.1, 0.15) is 37.7 Å². The largest absolute Gasteiger partial charge is 0.303 e. The van der Waals surface area contributed by atoms with Gasteiger partial charge in [0, 0.05) is 11.4 Å². The second-order valence-electron chi connectivity index (χ2n) is 3.44. The van der Waals surface area contributed by atoms with Gasteiger partial charge in [-0.05, 0) is 30.0 Å². The van der Waals surface area contributed by atoms with Crippen LogP contribution >= 0.6 is 11.6 Å². The summed E-state index contributed by atoms with van der Waals surface area (Å²) >= 11 is 5.80. The van der Waals surface area contributed by atoms with Gasteiger partial charge in [-0.2, -0.15) is 0 Å². The maximum Gasteiger partial charge on any atom is 0.120 e. The van der Waals surface area contributed by atoms with Crippen molar-refractivity contribution >= 4 is 17.9 Å². The van der Waals surface area contributed by atoms with E-state index in [-0.39, 0.29) is 0 Å². The first-order valence-corrected chi connectivity index (χ1v) is 5.34. The fourth-order valence-corrected chi connectivity index (χ4v) is 1.75. The summed E-state index contributed by atoms with van der Waals surface area (Å²) in [5, 5.41) is 0.745. The predicted octanol–water partition coefficient (Wildman–Crippen LogP) is 3.81. The van der Waals surface area contributed by atoms with Crippen molar-refractivity contribution in [2.24, 2.45) is 0 Å². The summed E-state index contributed by atoms with van der Waals surface area (Å²) in [5.41, 5.74) is 1.21. The van der Waals surface area contributed by atoms with Crippen LogP contribution in [0.25, 0.3) is 0 Å². The smallest absolute Gasteiger partial charge is 0.120 e. The molecule has 1 aromatic carbocycles. The van der Waals surface area contributed by atoms with Crippen LogP contribution in [-0.2, 0) is 4.79 Å². The van der Waals surface area contributed by atoms with Gasteiger partial charge in [0.2, 0.25) is 0 Å². The molecule has 1 nitrogen and oxygen atoms in total. The number of halogens is 1. The van der Waals surface area contributed by atoms with E-state index in [0.29, 0.717) is 12.3 Å². The lowest BCUT2D eigenvalue weighted by atomic mass is 9.92. The highest BCUT2D eigenvalue weighted by atomic mass is 35.5. The Morgan fingerprint density at radius 3 is 2.50 bits per heavy atom. The maximum atomic E-state index is 10.5. The molecule has 0 amide bonds. The van der Waals surface area contributed by atoms with Gasteiger partial charge >= 0.3 is 0 Å². The van der Waals surface area contributed by atoms with Gasteiger partial charge < -0.3 is 4.79 Å². The first kappa shape index (κ1) is 11.3. The first-order valence-electron chi connectivity index (χ1n) is 4.97. The zero-order valence-corrected chi connectivity index (χ0v) is 9.13. The fourth-order valence-electron chi connectivity index (χ4n) is 1.62. The Kier molecular flexibility index (Phi) is 4.68. The number of rotatable bonds is 5. The molecule has 0 N–H and O–H groups in total. The van der Waals surface area contributed by atoms with E-state index < -0.39 is 0 Å². The van der Waals surface area contributed by atoms with E-state index >= 15 is 0 Å². The number of hydrogen-bond donors (Lipinski definition) is 0. The minimum Gasteiger partial charge on any atom is -0.303 e. The van der Waals surface area contributed by atoms with Crippen LogP contribution in [0.4, 0.5) is 0 Å². The summed E-state index contributed by atoms with van der Waals surface area (Å²) in [4.78, 5) is 10.5. The van der Waals surface area contributed by atoms with Crippen LogP contribution in [0, 0.1) is 0 Å². The summed E-state index contributed by atoms with van der Waals surface area (Å²) < 4.78 is 0. The SMILES string of the molecule is CCC[C@H](CC=O)c1ccc(Cl)cc1. The molecule has 1 aromatic rings. The van der Waals surface area contributed by atoms with Crippen LogP contribution in [0.3, 0.4) is 0 Å². The molecular weight excluding hydrogens is 196 g/mol. The molecule has 0 bridgehead atoms. The zero-order valence-electron chi connectivity index (χ0n) is 8.37. The van der Waals surface area contributed by atoms with Gasteiger partial charge in [0.1, 0.15) is 6.29 Å². The molecule has 0 radical (unpaired) electrons. The molecule has 14 heavy (non-hydrogen) atoms. The molecule has 0 aliphatic carbocycles. The van der Waals surface area contributed by atoms with E-state index in [4.69, 9.17) is 11.6 Å². The van der Waals surface area contributed by atoms with Crippen molar-refractivity contribution in [3.63, 3.8) is 0 Å². The monoisotopic (exact) mass is 210 g/mol. The number of carbonyl (C=O) groups excluding carboxylic acids is 1. The maximum absolute atomic E-state index is 10.5. The van der Waals surface area contributed by atoms with Gasteiger partial charge in [-0.15, -0.1) is 0 Å². The zero-order chi connectivity index (χ0) is 10.4. The van der Waals surface area contributed by atoms with E-state index in [0.717, 1.165) is 24.2 Å². The molecule has 1 atom stereocenters. The molecule has 0 heterocycles. The van der Waals surface area contributed by atoms with Crippen LogP contribution in [0.2, 0.25) is 5.02 Å². The molecular formula is C12H15ClO. The predicted molar refractivity (Wildman–Crippen MR) is 59.8 cm³/mol. The van der Waals surface area contributed by atoms with Crippen molar-refractivity contribution in [2.75, 3.05) is 0 Å². The second-order valence-corrected chi connectivity index (χ2v) is 3.88. The highest BCUT2D eigenvalue weighted by Gasteiger charge is 2.09. The van der Waals surface area contributed by atoms with E-state index in [2.05, 4.69) is 6.92 Å². The van der Waals surface area contributed by atoms with Crippen molar-refractivity contribution in [3.8, 4) is 0 Å². The van der Waals surface area contributed by atoms with Crippen LogP contribution in [0.5, 0.6) is 0 Å². The third-order valence-electron chi connectivity index (χ3n) is 2.36. The van der Waals surface area contributed by atoms with Gasteiger partial charge in [0.05, 0.1) is 0 Å². The summed E-state index contributed by atoms with van der Waals surface area (Å²) in [6, 6.07) is 7.77. The molecule has 0 aliphatic heterocycles. The van der Waals surface area contributed by atoms with Crippen molar-refractivity contribution in [1.29, 1.82) is 0 Å². The number of aldehydes is 1. The standard InChI is InChI=1S/C12H15ClO/c1-2-3-10(8-9-14)11-4-6-12(13)7-5-11/h4-7,9-10H,2-3,8H2,1H3/t10-/m1/s1. The quantitative estimate of drug-likeness (QED) is 0.676. The van der Waals surface area contributed by atoms with E-state index in [1.54, 1.807) is 0 Å². The summed E-state index contributed by atoms with van der Waals surface area (Å²) in [6.45, 7) is 2.13. The molecule has 2 heteroatoms. The Hall–Kier alpha value is -0.820. The molecule has 1 rings (SSSR count). The minimum atomic E-state index is 0.356. The third-order valence-corrected chi connectivity index (χ3v) is 2.61. The molecule has 0 unspecified atom stereocenters. The molecule has 0 saturated carbocycles. The molecule has 0 aromatic heterocycles. The van der Waals surface area contributed by atoms with Crippen LogP contribution in [-0.4, -0.2) is 6.29 Å². The fraction of sp³-hybridized carbons (Fsp3) is 0.417. The Morgan fingerprint density at radius 2 is 2.00 bits per heavy atom. The third kappa shape index (κ3) is 3.15. The van der Waals surface area contributed by atoms with Gasteiger partial charge in [0.15, 0.2) is 0 Å². The minimum absolute atomic E-state index is 0.356. The van der Waals surface area contributed by atoms with E-state index in [9.17, 15) is 4.79 Å². The Labute approximate surface area is 90.1 Å². The van der Waals surface area contributed by atoms with Gasteiger partial charge in [-0.25, -0.2) is 0 Å². The molecule has 0 aliphatic rings. The number of hydrogen-bond acceptors (Lipinski definition) is 1. The van der Waals surface area contributed by atoms with E-state index in [1.165, 1.54) is 5.56 Å². The normalized spacial score (nSPS) is 12.4. The van der Waals surface area contributed by atoms with E-state index in [1.807, 2.05) is 24.3 Å². The molecule has 0 saturated heterocycles. The Morgan fingerprint density at radius 1 is 1.36 bits per heavy atom. The van der Waals surface area contributed by atoms with Gasteiger partial charge in [0.25, 0.3) is 0 Å². The van der Waals surface area contributed by atoms with Gasteiger partial charge in [-0.3, -0.25) is 0 Å². The molecule has 0 spiro atoms. The average Bonchev–Trinajstić information content (AvgIpc) is 2.19. The topological polar surface area (TPSA) is 17.1 Å². The lowest BCUT2D eigenvalue weighted by molar-refractivity contribution is -0.108. The average molecular weight is 211 g/mol. The van der Waals surface area contributed by atoms with Crippen LogP contribution < -0.4 is 0 Å². The summed E-state index contributed by atoms with van der Waals surface area (Å²) in [6.07, 6.45) is 3.76. The highest BCUT2D eigenvalue weighted by Crippen LogP contribution is 2.25. The van der Waals surface area contributed by atoms with Crippen molar-refractivity contribution in [2.45, 2.75) is 32.1 Å². The van der Waals surface area contributed by atoms with Crippen molar-refractivity contribution < 1.29 is 4.79 Å². The Balaban J connectivity index is 2.76. The molecule has 0 fully saturated rings. The van der Waals surface area contributed by atoms with Crippen LogP contribution in [0.15, 0.2) is 24.3 Å². The van der Waals surface area contributed by atoms with Crippen molar-refractivity contribution in [1.82, 2.24) is 0 Å². The lowest BCUT2D eigenvalue weighted by Crippen LogP contribution is -1.98. The second kappa shape index (κ2) is 5.82. The van der Waals surface area contributed by atoms with Gasteiger partial charge in [-0.1, -0.05) is 37.1 Å². The lowest BCUT2D eigenvalue weighted by Gasteiger charge is -2.13. The number of carbonyl (C=O) groups is 1.